The Morgan fingerprint density at radius 3 is 2.32 bits per heavy atom. The van der Waals surface area contributed by atoms with Crippen molar-refractivity contribution in [2.75, 3.05) is 0 Å². The maximum Gasteiger partial charge on any atom is 0.0689 e. The molecule has 0 bridgehead atoms. The van der Waals surface area contributed by atoms with Gasteiger partial charge in [-0.25, -0.2) is 0 Å². The zero-order valence-corrected chi connectivity index (χ0v) is 16.7. The summed E-state index contributed by atoms with van der Waals surface area (Å²) in [5.41, 5.74) is 0.0300. The second kappa shape index (κ2) is 7.25. The van der Waals surface area contributed by atoms with Gasteiger partial charge < -0.3 is 0 Å². The molecular formula is C24H39N. The minimum atomic E-state index is 0.0300. The molecule has 0 N–H and O–H groups in total. The molecule has 4 saturated carbocycles. The third-order valence-electron chi connectivity index (χ3n) is 9.41. The lowest BCUT2D eigenvalue weighted by Crippen LogP contribution is -2.49. The fraction of sp³-hybridized carbons (Fsp3) is 0.958. The normalized spacial score (nSPS) is 49.4. The molecule has 8 atom stereocenters. The molecular weight excluding hydrogens is 302 g/mol. The lowest BCUT2D eigenvalue weighted by atomic mass is 9.48. The summed E-state index contributed by atoms with van der Waals surface area (Å²) < 4.78 is 0. The molecule has 0 heterocycles. The average Bonchev–Trinajstić information content (AvgIpc) is 2.67. The number of rotatable bonds is 3. The number of hydrogen-bond acceptors (Lipinski definition) is 1. The Kier molecular flexibility index (Phi) is 5.18. The smallest absolute Gasteiger partial charge is 0.0689 e. The number of nitrogens with zero attached hydrogens (tertiary/aromatic N) is 1. The van der Waals surface area contributed by atoms with E-state index in [1.54, 1.807) is 6.42 Å². The lowest BCUT2D eigenvalue weighted by Gasteiger charge is -2.57. The first-order valence-electron chi connectivity index (χ1n) is 11.6. The van der Waals surface area contributed by atoms with Crippen LogP contribution in [0.3, 0.4) is 0 Å². The van der Waals surface area contributed by atoms with Crippen molar-refractivity contribution in [3.8, 4) is 6.07 Å². The van der Waals surface area contributed by atoms with Gasteiger partial charge in [0, 0.05) is 0 Å². The van der Waals surface area contributed by atoms with Crippen molar-refractivity contribution in [1.82, 2.24) is 0 Å². The Morgan fingerprint density at radius 1 is 0.840 bits per heavy atom. The highest BCUT2D eigenvalue weighted by molar-refractivity contribution is 5.07. The number of nitriles is 1. The molecule has 0 aromatic heterocycles. The van der Waals surface area contributed by atoms with E-state index in [1.807, 2.05) is 0 Å². The summed E-state index contributed by atoms with van der Waals surface area (Å²) in [5.74, 6) is 7.12. The van der Waals surface area contributed by atoms with Crippen molar-refractivity contribution < 1.29 is 0 Å². The Bertz CT molecular complexity index is 503. The topological polar surface area (TPSA) is 23.8 Å². The summed E-state index contributed by atoms with van der Waals surface area (Å²) in [4.78, 5) is 0. The second-order valence-corrected chi connectivity index (χ2v) is 10.2. The molecule has 0 saturated heterocycles. The summed E-state index contributed by atoms with van der Waals surface area (Å²) >= 11 is 0. The van der Waals surface area contributed by atoms with Crippen LogP contribution in [0.4, 0.5) is 0 Å². The van der Waals surface area contributed by atoms with Gasteiger partial charge in [0.05, 0.1) is 11.5 Å². The van der Waals surface area contributed by atoms with Crippen LogP contribution >= 0.6 is 0 Å². The van der Waals surface area contributed by atoms with Crippen LogP contribution in [0.2, 0.25) is 0 Å². The van der Waals surface area contributed by atoms with Crippen molar-refractivity contribution in [2.24, 2.45) is 46.8 Å². The highest BCUT2D eigenvalue weighted by Crippen LogP contribution is 2.60. The van der Waals surface area contributed by atoms with E-state index in [9.17, 15) is 5.26 Å². The molecule has 6 unspecified atom stereocenters. The van der Waals surface area contributed by atoms with Crippen molar-refractivity contribution in [3.63, 3.8) is 0 Å². The molecule has 4 aliphatic carbocycles. The van der Waals surface area contributed by atoms with Gasteiger partial charge in [-0.15, -0.1) is 0 Å². The second-order valence-electron chi connectivity index (χ2n) is 10.2. The highest BCUT2D eigenvalue weighted by Gasteiger charge is 2.52. The minimum Gasteiger partial charge on any atom is -0.198 e. The highest BCUT2D eigenvalue weighted by atomic mass is 14.6. The van der Waals surface area contributed by atoms with Crippen LogP contribution in [-0.4, -0.2) is 0 Å². The van der Waals surface area contributed by atoms with Gasteiger partial charge in [-0.1, -0.05) is 39.5 Å². The fourth-order valence-electron chi connectivity index (χ4n) is 8.20. The predicted octanol–water partition coefficient (Wildman–Crippen LogP) is 6.98. The lowest BCUT2D eigenvalue weighted by molar-refractivity contribution is -0.0711. The summed E-state index contributed by atoms with van der Waals surface area (Å²) in [7, 11) is 0. The molecule has 0 aromatic carbocycles. The van der Waals surface area contributed by atoms with Crippen LogP contribution in [0.15, 0.2) is 0 Å². The molecule has 0 spiro atoms. The van der Waals surface area contributed by atoms with Gasteiger partial charge in [0.1, 0.15) is 0 Å². The Hall–Kier alpha value is -0.510. The molecule has 25 heavy (non-hydrogen) atoms. The van der Waals surface area contributed by atoms with Gasteiger partial charge >= 0.3 is 0 Å². The third-order valence-corrected chi connectivity index (χ3v) is 9.41. The summed E-state index contributed by atoms with van der Waals surface area (Å²) in [6.07, 6.45) is 18.3. The van der Waals surface area contributed by atoms with Gasteiger partial charge in [0.15, 0.2) is 0 Å². The molecule has 0 amide bonds. The van der Waals surface area contributed by atoms with E-state index in [0.29, 0.717) is 0 Å². The number of fused-ring (bicyclic) bond motifs is 5. The van der Waals surface area contributed by atoms with Crippen LogP contribution in [0.1, 0.15) is 97.3 Å². The van der Waals surface area contributed by atoms with E-state index in [2.05, 4.69) is 19.9 Å². The molecule has 0 aliphatic heterocycles. The molecule has 1 heteroatoms. The van der Waals surface area contributed by atoms with Crippen LogP contribution < -0.4 is 0 Å². The van der Waals surface area contributed by atoms with Gasteiger partial charge in [-0.2, -0.15) is 5.26 Å². The molecule has 0 radical (unpaired) electrons. The van der Waals surface area contributed by atoms with E-state index in [1.165, 1.54) is 70.6 Å². The number of hydrogen-bond donors (Lipinski definition) is 0. The molecule has 1 nitrogen and oxygen atoms in total. The van der Waals surface area contributed by atoms with Gasteiger partial charge in [-0.05, 0) is 99.2 Å². The Balaban J connectivity index is 1.48. The van der Waals surface area contributed by atoms with Gasteiger partial charge in [-0.3, -0.25) is 0 Å². The zero-order chi connectivity index (χ0) is 17.4. The monoisotopic (exact) mass is 341 g/mol. The minimum absolute atomic E-state index is 0.0300. The van der Waals surface area contributed by atoms with Crippen LogP contribution in [0, 0.1) is 58.2 Å². The van der Waals surface area contributed by atoms with Crippen molar-refractivity contribution in [1.29, 1.82) is 5.26 Å². The van der Waals surface area contributed by atoms with Crippen LogP contribution in [0.5, 0.6) is 0 Å². The first-order valence-corrected chi connectivity index (χ1v) is 11.6. The SMILES string of the molecule is CCC[C@H]1CCCC2C3CCC4C[C@](C#N)(CC)CCC4C3CCC21. The molecule has 4 aliphatic rings. The predicted molar refractivity (Wildman–Crippen MR) is 104 cm³/mol. The van der Waals surface area contributed by atoms with Crippen molar-refractivity contribution in [2.45, 2.75) is 97.3 Å². The van der Waals surface area contributed by atoms with E-state index in [4.69, 9.17) is 0 Å². The van der Waals surface area contributed by atoms with E-state index < -0.39 is 0 Å². The van der Waals surface area contributed by atoms with Crippen molar-refractivity contribution in [3.05, 3.63) is 0 Å². The van der Waals surface area contributed by atoms with Crippen molar-refractivity contribution >= 4 is 0 Å². The quantitative estimate of drug-likeness (QED) is 0.543. The Morgan fingerprint density at radius 2 is 1.56 bits per heavy atom. The molecule has 4 rings (SSSR count). The third kappa shape index (κ3) is 3.07. The largest absolute Gasteiger partial charge is 0.198 e. The first kappa shape index (κ1) is 17.9. The van der Waals surface area contributed by atoms with Gasteiger partial charge in [0.25, 0.3) is 0 Å². The maximum absolute atomic E-state index is 9.75. The summed E-state index contributed by atoms with van der Waals surface area (Å²) in [6.45, 7) is 4.63. The van der Waals surface area contributed by atoms with E-state index >= 15 is 0 Å². The Labute approximate surface area is 156 Å². The van der Waals surface area contributed by atoms with E-state index in [-0.39, 0.29) is 5.41 Å². The fourth-order valence-corrected chi connectivity index (χ4v) is 8.20. The standard InChI is InChI=1S/C24H39N/c1-3-6-17-7-5-8-21-19(17)11-12-22-20-13-14-24(4-2,16-25)15-18(20)9-10-23(21)22/h17-23H,3-15H2,1-2H3/t17-,18?,19?,20?,21?,22?,23?,24-/m0/s1. The average molecular weight is 342 g/mol. The molecule has 140 valence electrons. The van der Waals surface area contributed by atoms with Crippen LogP contribution in [-0.2, 0) is 0 Å². The summed E-state index contributed by atoms with van der Waals surface area (Å²) in [6, 6.07) is 2.74. The molecule has 4 fully saturated rings. The summed E-state index contributed by atoms with van der Waals surface area (Å²) in [5, 5.41) is 9.75. The first-order chi connectivity index (χ1) is 12.2. The zero-order valence-electron chi connectivity index (χ0n) is 16.7. The van der Waals surface area contributed by atoms with Crippen LogP contribution in [0.25, 0.3) is 0 Å². The van der Waals surface area contributed by atoms with Gasteiger partial charge in [0.2, 0.25) is 0 Å². The van der Waals surface area contributed by atoms with E-state index in [0.717, 1.165) is 47.8 Å². The maximum atomic E-state index is 9.75. The molecule has 0 aromatic rings.